The van der Waals surface area contributed by atoms with E-state index in [4.69, 9.17) is 5.11 Å². The molecule has 2 fully saturated rings. The Morgan fingerprint density at radius 1 is 1.33 bits per heavy atom. The molecule has 1 aromatic carbocycles. The summed E-state index contributed by atoms with van der Waals surface area (Å²) in [7, 11) is 0. The standard InChI is InChI=1S/C18H21NO2/c1-12-4-5-16(11-15(12)3-2-10-20)18(21)19-17(13-6-7-13)14-8-9-14/h4-5,11,13-14,17,20H,6-10H2,1H3,(H,19,21). The van der Waals surface area contributed by atoms with Gasteiger partial charge in [0.15, 0.2) is 0 Å². The van der Waals surface area contributed by atoms with E-state index in [9.17, 15) is 4.79 Å². The summed E-state index contributed by atoms with van der Waals surface area (Å²) in [5.74, 6) is 6.94. The number of hydrogen-bond acceptors (Lipinski definition) is 2. The monoisotopic (exact) mass is 283 g/mol. The molecule has 3 heteroatoms. The normalized spacial score (nSPS) is 17.3. The van der Waals surface area contributed by atoms with E-state index in [-0.39, 0.29) is 12.5 Å². The van der Waals surface area contributed by atoms with Gasteiger partial charge in [0.05, 0.1) is 0 Å². The van der Waals surface area contributed by atoms with Gasteiger partial charge in [-0.05, 0) is 62.1 Å². The Morgan fingerprint density at radius 2 is 2.00 bits per heavy atom. The molecule has 0 spiro atoms. The van der Waals surface area contributed by atoms with Crippen LogP contribution in [0.5, 0.6) is 0 Å². The van der Waals surface area contributed by atoms with E-state index in [1.54, 1.807) is 0 Å². The maximum Gasteiger partial charge on any atom is 0.251 e. The third-order valence-electron chi connectivity index (χ3n) is 4.36. The topological polar surface area (TPSA) is 49.3 Å². The average Bonchev–Trinajstić information content (AvgIpc) is 3.37. The Hall–Kier alpha value is -1.79. The molecule has 2 N–H and O–H groups in total. The van der Waals surface area contributed by atoms with Crippen LogP contribution in [0.15, 0.2) is 18.2 Å². The van der Waals surface area contributed by atoms with Crippen LogP contribution in [-0.2, 0) is 0 Å². The number of carbonyl (C=O) groups is 1. The number of amides is 1. The molecule has 0 saturated heterocycles. The van der Waals surface area contributed by atoms with E-state index in [0.717, 1.165) is 11.1 Å². The molecule has 0 aliphatic heterocycles. The van der Waals surface area contributed by atoms with Crippen LogP contribution in [0.2, 0.25) is 0 Å². The van der Waals surface area contributed by atoms with Gasteiger partial charge < -0.3 is 10.4 Å². The first-order valence-corrected chi connectivity index (χ1v) is 7.70. The lowest BCUT2D eigenvalue weighted by Crippen LogP contribution is -2.38. The van der Waals surface area contributed by atoms with Crippen LogP contribution in [0.3, 0.4) is 0 Å². The summed E-state index contributed by atoms with van der Waals surface area (Å²) in [5.41, 5.74) is 2.49. The number of hydrogen-bond donors (Lipinski definition) is 2. The Kier molecular flexibility index (Phi) is 3.98. The maximum absolute atomic E-state index is 12.4. The highest BCUT2D eigenvalue weighted by Crippen LogP contribution is 2.44. The number of rotatable bonds is 4. The highest BCUT2D eigenvalue weighted by molar-refractivity contribution is 5.95. The number of benzene rings is 1. The zero-order valence-corrected chi connectivity index (χ0v) is 12.4. The number of nitrogens with one attached hydrogen (secondary N) is 1. The quantitative estimate of drug-likeness (QED) is 0.833. The lowest BCUT2D eigenvalue weighted by Gasteiger charge is -2.18. The molecule has 21 heavy (non-hydrogen) atoms. The second kappa shape index (κ2) is 5.91. The molecular weight excluding hydrogens is 262 g/mol. The van der Waals surface area contributed by atoms with Crippen molar-refractivity contribution >= 4 is 5.91 Å². The van der Waals surface area contributed by atoms with Gasteiger partial charge in [-0.3, -0.25) is 4.79 Å². The second-order valence-electron chi connectivity index (χ2n) is 6.16. The van der Waals surface area contributed by atoms with Crippen LogP contribution < -0.4 is 5.32 Å². The number of aryl methyl sites for hydroxylation is 1. The minimum atomic E-state index is -0.165. The average molecular weight is 283 g/mol. The van der Waals surface area contributed by atoms with E-state index in [1.807, 2.05) is 25.1 Å². The minimum absolute atomic E-state index is 0.00542. The van der Waals surface area contributed by atoms with Crippen LogP contribution in [0.1, 0.15) is 47.2 Å². The van der Waals surface area contributed by atoms with E-state index in [2.05, 4.69) is 17.2 Å². The van der Waals surface area contributed by atoms with Crippen LogP contribution in [0.25, 0.3) is 0 Å². The smallest absolute Gasteiger partial charge is 0.251 e. The van der Waals surface area contributed by atoms with Gasteiger partial charge >= 0.3 is 0 Å². The molecule has 0 heterocycles. The summed E-state index contributed by atoms with van der Waals surface area (Å²) in [5, 5.41) is 12.0. The van der Waals surface area contributed by atoms with Crippen LogP contribution >= 0.6 is 0 Å². The van der Waals surface area contributed by atoms with Crippen molar-refractivity contribution in [1.29, 1.82) is 0 Å². The summed E-state index contributed by atoms with van der Waals surface area (Å²) in [6, 6.07) is 5.96. The fraction of sp³-hybridized carbons (Fsp3) is 0.500. The molecule has 2 aliphatic carbocycles. The summed E-state index contributed by atoms with van der Waals surface area (Å²) < 4.78 is 0. The zero-order chi connectivity index (χ0) is 14.8. The molecule has 2 aliphatic rings. The Bertz CT molecular complexity index is 591. The first-order valence-electron chi connectivity index (χ1n) is 7.70. The molecule has 0 aromatic heterocycles. The molecule has 1 amide bonds. The van der Waals surface area contributed by atoms with Gasteiger partial charge in [0.1, 0.15) is 6.61 Å². The SMILES string of the molecule is Cc1ccc(C(=O)NC(C2CC2)C2CC2)cc1C#CCO. The lowest BCUT2D eigenvalue weighted by molar-refractivity contribution is 0.0926. The summed E-state index contributed by atoms with van der Waals surface area (Å²) in [6.07, 6.45) is 5.01. The fourth-order valence-corrected chi connectivity index (χ4v) is 2.80. The molecule has 3 nitrogen and oxygen atoms in total. The van der Waals surface area contributed by atoms with E-state index < -0.39 is 0 Å². The van der Waals surface area contributed by atoms with Crippen molar-refractivity contribution in [3.8, 4) is 11.8 Å². The fourth-order valence-electron chi connectivity index (χ4n) is 2.80. The summed E-state index contributed by atoms with van der Waals surface area (Å²) in [4.78, 5) is 12.4. The number of aliphatic hydroxyl groups excluding tert-OH is 1. The van der Waals surface area contributed by atoms with Gasteiger partial charge in [0.25, 0.3) is 5.91 Å². The first-order chi connectivity index (χ1) is 10.2. The third-order valence-corrected chi connectivity index (χ3v) is 4.36. The van der Waals surface area contributed by atoms with Gasteiger partial charge in [-0.15, -0.1) is 0 Å². The molecule has 2 saturated carbocycles. The second-order valence-corrected chi connectivity index (χ2v) is 6.16. The molecule has 0 atom stereocenters. The largest absolute Gasteiger partial charge is 0.384 e. The van der Waals surface area contributed by atoms with Crippen molar-refractivity contribution < 1.29 is 9.90 Å². The van der Waals surface area contributed by atoms with Crippen molar-refractivity contribution in [3.63, 3.8) is 0 Å². The van der Waals surface area contributed by atoms with Crippen molar-refractivity contribution in [2.45, 2.75) is 38.6 Å². The van der Waals surface area contributed by atoms with E-state index in [0.29, 0.717) is 23.4 Å². The van der Waals surface area contributed by atoms with E-state index in [1.165, 1.54) is 25.7 Å². The predicted molar refractivity (Wildman–Crippen MR) is 81.8 cm³/mol. The third kappa shape index (κ3) is 3.46. The first kappa shape index (κ1) is 14.2. The molecular formula is C18H21NO2. The van der Waals surface area contributed by atoms with Gasteiger partial charge in [0.2, 0.25) is 0 Å². The summed E-state index contributed by atoms with van der Waals surface area (Å²) >= 11 is 0. The van der Waals surface area contributed by atoms with Crippen molar-refractivity contribution in [2.24, 2.45) is 11.8 Å². The Balaban J connectivity index is 1.74. The van der Waals surface area contributed by atoms with Crippen molar-refractivity contribution in [2.75, 3.05) is 6.61 Å². The number of carbonyl (C=O) groups excluding carboxylic acids is 1. The maximum atomic E-state index is 12.4. The van der Waals surface area contributed by atoms with Gasteiger partial charge in [-0.25, -0.2) is 0 Å². The Morgan fingerprint density at radius 3 is 2.57 bits per heavy atom. The van der Waals surface area contributed by atoms with Gasteiger partial charge in [-0.1, -0.05) is 17.9 Å². The highest BCUT2D eigenvalue weighted by Gasteiger charge is 2.42. The number of aliphatic hydroxyl groups is 1. The molecule has 1 aromatic rings. The van der Waals surface area contributed by atoms with Crippen LogP contribution in [0, 0.1) is 30.6 Å². The van der Waals surface area contributed by atoms with Crippen molar-refractivity contribution in [3.05, 3.63) is 34.9 Å². The van der Waals surface area contributed by atoms with Crippen molar-refractivity contribution in [1.82, 2.24) is 5.32 Å². The predicted octanol–water partition coefficient (Wildman–Crippen LogP) is 2.26. The molecule has 0 bridgehead atoms. The van der Waals surface area contributed by atoms with Gasteiger partial charge in [0, 0.05) is 17.2 Å². The van der Waals surface area contributed by atoms with Gasteiger partial charge in [-0.2, -0.15) is 0 Å². The van der Waals surface area contributed by atoms with E-state index >= 15 is 0 Å². The van der Waals surface area contributed by atoms with Crippen LogP contribution in [-0.4, -0.2) is 23.7 Å². The molecule has 3 rings (SSSR count). The molecule has 0 radical (unpaired) electrons. The zero-order valence-electron chi connectivity index (χ0n) is 12.4. The lowest BCUT2D eigenvalue weighted by atomic mass is 10.0. The Labute approximate surface area is 125 Å². The minimum Gasteiger partial charge on any atom is -0.384 e. The summed E-state index contributed by atoms with van der Waals surface area (Å²) in [6.45, 7) is 1.79. The van der Waals surface area contributed by atoms with Crippen LogP contribution in [0.4, 0.5) is 0 Å². The molecule has 110 valence electrons. The molecule has 0 unspecified atom stereocenters. The highest BCUT2D eigenvalue weighted by atomic mass is 16.2.